The molecule has 23 heavy (non-hydrogen) atoms. The van der Waals surface area contributed by atoms with E-state index in [0.29, 0.717) is 36.6 Å². The van der Waals surface area contributed by atoms with Crippen LogP contribution in [0.15, 0.2) is 24.3 Å². The third-order valence-electron chi connectivity index (χ3n) is 4.59. The largest absolute Gasteiger partial charge is 0.369 e. The summed E-state index contributed by atoms with van der Waals surface area (Å²) in [6, 6.07) is 6.34. The van der Waals surface area contributed by atoms with Gasteiger partial charge in [0.05, 0.1) is 23.2 Å². The van der Waals surface area contributed by atoms with Crippen molar-refractivity contribution < 1.29 is 14.4 Å². The van der Waals surface area contributed by atoms with Crippen LogP contribution in [0, 0.1) is 5.92 Å². The summed E-state index contributed by atoms with van der Waals surface area (Å²) in [5, 5.41) is 0.377. The van der Waals surface area contributed by atoms with Gasteiger partial charge in [-0.25, -0.2) is 4.90 Å². The molecule has 3 amide bonds. The molecule has 7 heteroatoms. The Kier molecular flexibility index (Phi) is 4.37. The van der Waals surface area contributed by atoms with Crippen LogP contribution < -0.4 is 10.6 Å². The second-order valence-electron chi connectivity index (χ2n) is 5.95. The lowest BCUT2D eigenvalue weighted by molar-refractivity contribution is -0.124. The molecule has 3 rings (SSSR count). The van der Waals surface area contributed by atoms with Crippen LogP contribution in [0.5, 0.6) is 0 Å². The highest BCUT2D eigenvalue weighted by molar-refractivity contribution is 6.36. The first-order chi connectivity index (χ1) is 11.0. The van der Waals surface area contributed by atoms with Gasteiger partial charge in [0.15, 0.2) is 0 Å². The average Bonchev–Trinajstić information content (AvgIpc) is 2.83. The molecule has 0 spiro atoms. The maximum atomic E-state index is 12.7. The van der Waals surface area contributed by atoms with E-state index in [2.05, 4.69) is 0 Å². The minimum absolute atomic E-state index is 0.141. The highest BCUT2D eigenvalue weighted by Gasteiger charge is 2.44. The van der Waals surface area contributed by atoms with E-state index in [1.807, 2.05) is 4.90 Å². The molecular weight excluding hydrogens is 318 g/mol. The second kappa shape index (κ2) is 6.29. The number of carbonyl (C=O) groups is 3. The Balaban J connectivity index is 1.75. The van der Waals surface area contributed by atoms with Gasteiger partial charge in [0.2, 0.25) is 11.8 Å². The summed E-state index contributed by atoms with van der Waals surface area (Å²) in [5.41, 5.74) is 5.76. The molecule has 0 saturated carbocycles. The van der Waals surface area contributed by atoms with Crippen LogP contribution in [-0.2, 0) is 14.4 Å². The minimum Gasteiger partial charge on any atom is -0.369 e. The molecule has 1 aromatic carbocycles. The molecule has 6 nitrogen and oxygen atoms in total. The van der Waals surface area contributed by atoms with Crippen molar-refractivity contribution in [1.29, 1.82) is 0 Å². The van der Waals surface area contributed by atoms with Crippen molar-refractivity contribution in [3.8, 4) is 0 Å². The number of carbonyl (C=O) groups excluding carboxylic acids is 3. The predicted octanol–water partition coefficient (Wildman–Crippen LogP) is 1.17. The number of nitrogens with two attached hydrogens (primary N) is 1. The highest BCUT2D eigenvalue weighted by Crippen LogP contribution is 2.32. The molecule has 2 N–H and O–H groups in total. The Bertz CT molecular complexity index is 656. The van der Waals surface area contributed by atoms with E-state index in [4.69, 9.17) is 17.3 Å². The Hall–Kier alpha value is -1.92. The molecule has 0 aliphatic carbocycles. The van der Waals surface area contributed by atoms with Crippen molar-refractivity contribution in [2.24, 2.45) is 11.7 Å². The summed E-state index contributed by atoms with van der Waals surface area (Å²) in [7, 11) is 0. The second-order valence-corrected chi connectivity index (χ2v) is 6.36. The van der Waals surface area contributed by atoms with E-state index in [0.717, 1.165) is 0 Å². The van der Waals surface area contributed by atoms with Crippen LogP contribution in [0.3, 0.4) is 0 Å². The number of primary amides is 1. The topological polar surface area (TPSA) is 83.7 Å². The van der Waals surface area contributed by atoms with Gasteiger partial charge in [0.1, 0.15) is 0 Å². The predicted molar refractivity (Wildman–Crippen MR) is 85.8 cm³/mol. The molecule has 1 aromatic rings. The number of nitrogens with zero attached hydrogens (tertiary/aromatic N) is 2. The Labute approximate surface area is 139 Å². The third kappa shape index (κ3) is 2.96. The van der Waals surface area contributed by atoms with Crippen LogP contribution in [0.4, 0.5) is 5.69 Å². The van der Waals surface area contributed by atoms with Gasteiger partial charge < -0.3 is 5.73 Å². The first-order valence-electron chi connectivity index (χ1n) is 7.63. The molecule has 2 saturated heterocycles. The summed E-state index contributed by atoms with van der Waals surface area (Å²) < 4.78 is 0. The van der Waals surface area contributed by atoms with E-state index in [1.54, 1.807) is 24.3 Å². The van der Waals surface area contributed by atoms with Crippen molar-refractivity contribution in [1.82, 2.24) is 4.90 Å². The number of amides is 3. The summed E-state index contributed by atoms with van der Waals surface area (Å²) in [4.78, 5) is 39.4. The van der Waals surface area contributed by atoms with Crippen molar-refractivity contribution in [3.63, 3.8) is 0 Å². The SMILES string of the molecule is NC(=O)C1CCN([C@@H]2CC(=O)N(c3ccccc3Cl)C2=O)CC1. The minimum atomic E-state index is -0.479. The smallest absolute Gasteiger partial charge is 0.251 e. The molecule has 1 atom stereocenters. The molecule has 2 aliphatic rings. The number of imide groups is 1. The molecule has 0 unspecified atom stereocenters. The number of halogens is 1. The monoisotopic (exact) mass is 335 g/mol. The van der Waals surface area contributed by atoms with E-state index < -0.39 is 6.04 Å². The molecule has 2 aliphatic heterocycles. The summed E-state index contributed by atoms with van der Waals surface area (Å²) in [5.74, 6) is -0.931. The third-order valence-corrected chi connectivity index (χ3v) is 4.91. The van der Waals surface area contributed by atoms with Crippen LogP contribution in [-0.4, -0.2) is 41.8 Å². The van der Waals surface area contributed by atoms with Crippen molar-refractivity contribution in [2.45, 2.75) is 25.3 Å². The lowest BCUT2D eigenvalue weighted by atomic mass is 9.95. The summed E-state index contributed by atoms with van der Waals surface area (Å²) in [6.07, 6.45) is 1.39. The van der Waals surface area contributed by atoms with Gasteiger partial charge in [-0.2, -0.15) is 0 Å². The first kappa shape index (κ1) is 16.0. The van der Waals surface area contributed by atoms with Gasteiger partial charge in [0, 0.05) is 5.92 Å². The zero-order valence-electron chi connectivity index (χ0n) is 12.6. The number of likely N-dealkylation sites (tertiary alicyclic amines) is 1. The Morgan fingerprint density at radius 2 is 1.83 bits per heavy atom. The van der Waals surface area contributed by atoms with E-state index in [9.17, 15) is 14.4 Å². The highest BCUT2D eigenvalue weighted by atomic mass is 35.5. The van der Waals surface area contributed by atoms with Gasteiger partial charge >= 0.3 is 0 Å². The van der Waals surface area contributed by atoms with Gasteiger partial charge in [-0.05, 0) is 38.1 Å². The van der Waals surface area contributed by atoms with Gasteiger partial charge in [-0.3, -0.25) is 19.3 Å². The van der Waals surface area contributed by atoms with Crippen LogP contribution in [0.2, 0.25) is 5.02 Å². The number of benzene rings is 1. The lowest BCUT2D eigenvalue weighted by Gasteiger charge is -2.33. The summed E-state index contributed by atoms with van der Waals surface area (Å²) in [6.45, 7) is 1.18. The van der Waals surface area contributed by atoms with Gasteiger partial charge in [-0.1, -0.05) is 23.7 Å². The maximum Gasteiger partial charge on any atom is 0.251 e. The molecule has 0 bridgehead atoms. The fourth-order valence-electron chi connectivity index (χ4n) is 3.28. The van der Waals surface area contributed by atoms with E-state index in [1.165, 1.54) is 4.90 Å². The molecule has 0 aromatic heterocycles. The van der Waals surface area contributed by atoms with Crippen LogP contribution >= 0.6 is 11.6 Å². The van der Waals surface area contributed by atoms with Gasteiger partial charge in [0.25, 0.3) is 5.91 Å². The number of hydrogen-bond acceptors (Lipinski definition) is 4. The molecular formula is C16H18ClN3O3. The Morgan fingerprint density at radius 3 is 2.43 bits per heavy atom. The zero-order valence-corrected chi connectivity index (χ0v) is 13.3. The normalized spacial score (nSPS) is 23.5. The lowest BCUT2D eigenvalue weighted by Crippen LogP contribution is -2.47. The number of anilines is 1. The van der Waals surface area contributed by atoms with Gasteiger partial charge in [-0.15, -0.1) is 0 Å². The quantitative estimate of drug-likeness (QED) is 0.840. The zero-order chi connectivity index (χ0) is 16.6. The molecule has 2 fully saturated rings. The first-order valence-corrected chi connectivity index (χ1v) is 8.01. The Morgan fingerprint density at radius 1 is 1.17 bits per heavy atom. The number of rotatable bonds is 3. The fourth-order valence-corrected chi connectivity index (χ4v) is 3.50. The maximum absolute atomic E-state index is 12.7. The van der Waals surface area contributed by atoms with E-state index in [-0.39, 0.29) is 30.1 Å². The molecule has 122 valence electrons. The van der Waals surface area contributed by atoms with Crippen LogP contribution in [0.1, 0.15) is 19.3 Å². The number of para-hydroxylation sites is 1. The number of piperidine rings is 1. The van der Waals surface area contributed by atoms with Crippen molar-refractivity contribution >= 4 is 35.0 Å². The summed E-state index contributed by atoms with van der Waals surface area (Å²) >= 11 is 6.11. The van der Waals surface area contributed by atoms with Crippen molar-refractivity contribution in [2.75, 3.05) is 18.0 Å². The van der Waals surface area contributed by atoms with Crippen LogP contribution in [0.25, 0.3) is 0 Å². The molecule has 2 heterocycles. The van der Waals surface area contributed by atoms with E-state index >= 15 is 0 Å². The standard InChI is InChI=1S/C16H18ClN3O3/c17-11-3-1-2-4-12(11)20-14(21)9-13(16(20)23)19-7-5-10(6-8-19)15(18)22/h1-4,10,13H,5-9H2,(H2,18,22)/t13-/m1/s1. The molecule has 0 radical (unpaired) electrons. The average molecular weight is 336 g/mol. The number of hydrogen-bond donors (Lipinski definition) is 1. The van der Waals surface area contributed by atoms with Crippen molar-refractivity contribution in [3.05, 3.63) is 29.3 Å². The fraction of sp³-hybridized carbons (Fsp3) is 0.438.